The number of ether oxygens (including phenoxy) is 2. The van der Waals surface area contributed by atoms with E-state index in [1.165, 1.54) is 7.11 Å². The summed E-state index contributed by atoms with van der Waals surface area (Å²) in [5.74, 6) is -2.30. The van der Waals surface area contributed by atoms with Crippen molar-refractivity contribution in [1.82, 2.24) is 0 Å². The molecule has 4 heteroatoms. The monoisotopic (exact) mass is 206 g/mol. The Kier molecular flexibility index (Phi) is 2.21. The lowest BCUT2D eigenvalue weighted by Gasteiger charge is -2.23. The number of rotatable bonds is 2. The Morgan fingerprint density at radius 1 is 1.33 bits per heavy atom. The van der Waals surface area contributed by atoms with Crippen molar-refractivity contribution in [3.63, 3.8) is 0 Å². The lowest BCUT2D eigenvalue weighted by molar-refractivity contribution is -0.195. The fourth-order valence-electron chi connectivity index (χ4n) is 1.49. The first-order valence-corrected chi connectivity index (χ1v) is 4.44. The Morgan fingerprint density at radius 2 is 2.00 bits per heavy atom. The highest BCUT2D eigenvalue weighted by molar-refractivity contribution is 5.86. The van der Waals surface area contributed by atoms with Crippen LogP contribution < -0.4 is 0 Å². The summed E-state index contributed by atoms with van der Waals surface area (Å²) < 4.78 is 9.75. The van der Waals surface area contributed by atoms with Gasteiger partial charge in [-0.05, 0) is 0 Å². The smallest absolute Gasteiger partial charge is 0.337 e. The Morgan fingerprint density at radius 3 is 2.60 bits per heavy atom. The van der Waals surface area contributed by atoms with Crippen LogP contribution in [0, 0.1) is 0 Å². The van der Waals surface area contributed by atoms with Gasteiger partial charge >= 0.3 is 5.97 Å². The van der Waals surface area contributed by atoms with Crippen LogP contribution >= 0.6 is 0 Å². The zero-order valence-corrected chi connectivity index (χ0v) is 8.14. The molecule has 0 saturated heterocycles. The van der Waals surface area contributed by atoms with E-state index < -0.39 is 11.8 Å². The molecule has 1 atom stereocenters. The zero-order chi connectivity index (χ0) is 10.9. The topological polar surface area (TPSA) is 55.8 Å². The average Bonchev–Trinajstić information content (AvgIpc) is 2.56. The van der Waals surface area contributed by atoms with Crippen molar-refractivity contribution in [2.24, 2.45) is 0 Å². The maximum atomic E-state index is 11.1. The molecule has 78 valence electrons. The molecule has 1 aromatic carbocycles. The summed E-state index contributed by atoms with van der Waals surface area (Å²) >= 11 is 0. The van der Waals surface area contributed by atoms with Gasteiger partial charge in [0.15, 0.2) is 5.76 Å². The molecule has 1 aliphatic heterocycles. The van der Waals surface area contributed by atoms with Crippen molar-refractivity contribution in [3.05, 3.63) is 47.7 Å². The molecule has 15 heavy (non-hydrogen) atoms. The van der Waals surface area contributed by atoms with Crippen LogP contribution in [0.1, 0.15) is 5.56 Å². The summed E-state index contributed by atoms with van der Waals surface area (Å²) in [7, 11) is 1.38. The van der Waals surface area contributed by atoms with Crippen molar-refractivity contribution in [2.45, 2.75) is 5.79 Å². The molecule has 1 aromatic rings. The van der Waals surface area contributed by atoms with Gasteiger partial charge in [0, 0.05) is 5.56 Å². The lowest BCUT2D eigenvalue weighted by Crippen LogP contribution is -2.29. The first-order chi connectivity index (χ1) is 7.16. The predicted molar refractivity (Wildman–Crippen MR) is 51.5 cm³/mol. The molecule has 0 radical (unpaired) electrons. The lowest BCUT2D eigenvalue weighted by atomic mass is 10.1. The molecule has 1 N–H and O–H groups in total. The molecule has 0 saturated carbocycles. The van der Waals surface area contributed by atoms with E-state index in [2.05, 4.69) is 0 Å². The van der Waals surface area contributed by atoms with Gasteiger partial charge in [-0.25, -0.2) is 4.79 Å². The maximum absolute atomic E-state index is 11.1. The number of carbonyl (C=O) groups excluding carboxylic acids is 1. The van der Waals surface area contributed by atoms with E-state index in [4.69, 9.17) is 9.47 Å². The number of aliphatic hydroxyl groups is 1. The van der Waals surface area contributed by atoms with Crippen molar-refractivity contribution in [1.29, 1.82) is 0 Å². The number of methoxy groups -OCH3 is 1. The normalized spacial score (nSPS) is 24.7. The SMILES string of the molecule is COC1=CC(=O)OC1(O)c1ccccc1. The van der Waals surface area contributed by atoms with Crippen molar-refractivity contribution < 1.29 is 19.4 Å². The fraction of sp³-hybridized carbons (Fsp3) is 0.182. The van der Waals surface area contributed by atoms with E-state index in [0.717, 1.165) is 6.08 Å². The van der Waals surface area contributed by atoms with E-state index in [9.17, 15) is 9.90 Å². The largest absolute Gasteiger partial charge is 0.494 e. The van der Waals surface area contributed by atoms with E-state index >= 15 is 0 Å². The first kappa shape index (κ1) is 9.73. The highest BCUT2D eigenvalue weighted by Crippen LogP contribution is 2.35. The third-order valence-electron chi connectivity index (χ3n) is 2.22. The highest BCUT2D eigenvalue weighted by Gasteiger charge is 2.44. The van der Waals surface area contributed by atoms with Gasteiger partial charge in [0.05, 0.1) is 13.2 Å². The second kappa shape index (κ2) is 3.40. The maximum Gasteiger partial charge on any atom is 0.337 e. The third kappa shape index (κ3) is 1.49. The number of cyclic esters (lactones) is 1. The summed E-state index contributed by atoms with van der Waals surface area (Å²) in [6.45, 7) is 0. The molecular formula is C11H10O4. The van der Waals surface area contributed by atoms with E-state index in [1.54, 1.807) is 30.3 Å². The molecule has 0 fully saturated rings. The van der Waals surface area contributed by atoms with Crippen LogP contribution in [0.15, 0.2) is 42.2 Å². The van der Waals surface area contributed by atoms with Gasteiger partial charge in [-0.3, -0.25) is 0 Å². The number of benzene rings is 1. The number of esters is 1. The van der Waals surface area contributed by atoms with Crippen LogP contribution in [0.2, 0.25) is 0 Å². The van der Waals surface area contributed by atoms with E-state index in [0.29, 0.717) is 5.56 Å². The molecule has 0 aliphatic carbocycles. The fourth-order valence-corrected chi connectivity index (χ4v) is 1.49. The molecule has 0 amide bonds. The summed E-state index contributed by atoms with van der Waals surface area (Å²) in [4.78, 5) is 11.1. The van der Waals surface area contributed by atoms with Gasteiger partial charge in [0.2, 0.25) is 0 Å². The van der Waals surface area contributed by atoms with Crippen LogP contribution in [0.3, 0.4) is 0 Å². The van der Waals surface area contributed by atoms with Crippen LogP contribution in [0.4, 0.5) is 0 Å². The second-order valence-corrected chi connectivity index (χ2v) is 3.14. The van der Waals surface area contributed by atoms with Gasteiger partial charge in [-0.2, -0.15) is 0 Å². The number of carbonyl (C=O) groups is 1. The summed E-state index contributed by atoms with van der Waals surface area (Å²) in [6.07, 6.45) is 1.13. The van der Waals surface area contributed by atoms with Crippen molar-refractivity contribution in [2.75, 3.05) is 7.11 Å². The Labute approximate surface area is 86.7 Å². The standard InChI is InChI=1S/C11H10O4/c1-14-9-7-10(12)15-11(9,13)8-5-3-2-4-6-8/h2-7,13H,1H3. The second-order valence-electron chi connectivity index (χ2n) is 3.14. The predicted octanol–water partition coefficient (Wildman–Crippen LogP) is 0.919. The van der Waals surface area contributed by atoms with Crippen LogP contribution in [-0.4, -0.2) is 18.2 Å². The van der Waals surface area contributed by atoms with E-state index in [1.807, 2.05) is 0 Å². The van der Waals surface area contributed by atoms with Crippen LogP contribution in [0.25, 0.3) is 0 Å². The van der Waals surface area contributed by atoms with Crippen molar-refractivity contribution >= 4 is 5.97 Å². The molecule has 1 unspecified atom stereocenters. The number of hydrogen-bond acceptors (Lipinski definition) is 4. The molecule has 1 aliphatic rings. The minimum absolute atomic E-state index is 0.0960. The van der Waals surface area contributed by atoms with Gasteiger partial charge < -0.3 is 14.6 Å². The van der Waals surface area contributed by atoms with Gasteiger partial charge in [-0.1, -0.05) is 30.3 Å². The molecule has 1 heterocycles. The zero-order valence-electron chi connectivity index (χ0n) is 8.14. The van der Waals surface area contributed by atoms with Gasteiger partial charge in [0.1, 0.15) is 0 Å². The molecule has 0 aromatic heterocycles. The minimum Gasteiger partial charge on any atom is -0.494 e. The summed E-state index contributed by atoms with van der Waals surface area (Å²) in [5.41, 5.74) is 0.462. The highest BCUT2D eigenvalue weighted by atomic mass is 16.7. The quantitative estimate of drug-likeness (QED) is 0.731. The van der Waals surface area contributed by atoms with Gasteiger partial charge in [0.25, 0.3) is 5.79 Å². The Balaban J connectivity index is 2.44. The van der Waals surface area contributed by atoms with E-state index in [-0.39, 0.29) is 5.76 Å². The first-order valence-electron chi connectivity index (χ1n) is 4.44. The summed E-state index contributed by atoms with van der Waals surface area (Å²) in [6, 6.07) is 8.61. The Bertz CT molecular complexity index is 410. The number of hydrogen-bond donors (Lipinski definition) is 1. The van der Waals surface area contributed by atoms with Crippen LogP contribution in [0.5, 0.6) is 0 Å². The minimum atomic E-state index is -1.78. The third-order valence-corrected chi connectivity index (χ3v) is 2.22. The molecule has 4 nitrogen and oxygen atoms in total. The molecule has 0 spiro atoms. The van der Waals surface area contributed by atoms with Gasteiger partial charge in [-0.15, -0.1) is 0 Å². The Hall–Kier alpha value is -1.81. The molecular weight excluding hydrogens is 196 g/mol. The summed E-state index contributed by atoms with van der Waals surface area (Å²) in [5, 5.41) is 10.2. The molecule has 0 bridgehead atoms. The average molecular weight is 206 g/mol. The molecule has 2 rings (SSSR count). The van der Waals surface area contributed by atoms with Crippen LogP contribution in [-0.2, 0) is 20.1 Å². The van der Waals surface area contributed by atoms with Crippen molar-refractivity contribution in [3.8, 4) is 0 Å².